The highest BCUT2D eigenvalue weighted by atomic mass is 32.1. The smallest absolute Gasteiger partial charge is 0.348 e. The third kappa shape index (κ3) is 5.41. The number of aromatic nitrogens is 2. The van der Waals surface area contributed by atoms with Crippen LogP contribution in [0.1, 0.15) is 56.3 Å². The van der Waals surface area contributed by atoms with E-state index in [-0.39, 0.29) is 47.3 Å². The summed E-state index contributed by atoms with van der Waals surface area (Å²) in [6.45, 7) is 5.29. The summed E-state index contributed by atoms with van der Waals surface area (Å²) in [5.41, 5.74) is 0.474. The maximum atomic E-state index is 12.5. The molecule has 2 heterocycles. The monoisotopic (exact) mass is 423 g/mol. The molecule has 0 aromatic carbocycles. The normalized spacial score (nSPS) is 10.4. The Bertz CT molecular complexity index is 932. The highest BCUT2D eigenvalue weighted by Gasteiger charge is 2.27. The second kappa shape index (κ2) is 9.82. The van der Waals surface area contributed by atoms with Crippen LogP contribution in [0.25, 0.3) is 0 Å². The van der Waals surface area contributed by atoms with Crippen molar-refractivity contribution >= 4 is 40.2 Å². The van der Waals surface area contributed by atoms with Gasteiger partial charge < -0.3 is 19.9 Å². The van der Waals surface area contributed by atoms with Crippen molar-refractivity contribution in [2.24, 2.45) is 0 Å². The van der Waals surface area contributed by atoms with Crippen molar-refractivity contribution in [3.8, 4) is 0 Å². The number of thiophene rings is 1. The van der Waals surface area contributed by atoms with Gasteiger partial charge in [-0.15, -0.1) is 11.3 Å². The van der Waals surface area contributed by atoms with Crippen LogP contribution < -0.4 is 5.32 Å². The Morgan fingerprint density at radius 1 is 1.17 bits per heavy atom. The van der Waals surface area contributed by atoms with Crippen LogP contribution in [0.2, 0.25) is 0 Å². The maximum Gasteiger partial charge on any atom is 0.348 e. The van der Waals surface area contributed by atoms with Crippen molar-refractivity contribution < 1.29 is 33.8 Å². The number of ether oxygens (including phenoxy) is 2. The van der Waals surface area contributed by atoms with Crippen LogP contribution in [0.4, 0.5) is 5.00 Å². The number of rotatable bonds is 9. The SMILES string of the molecule is CCOC(=O)c1sc(NC(=O)c2ccn(CCC(=O)O)n2)c(C(=O)OCC)c1C. The topological polar surface area (TPSA) is 137 Å². The number of anilines is 1. The summed E-state index contributed by atoms with van der Waals surface area (Å²) >= 11 is 0.913. The van der Waals surface area contributed by atoms with E-state index >= 15 is 0 Å². The lowest BCUT2D eigenvalue weighted by molar-refractivity contribution is -0.137. The largest absolute Gasteiger partial charge is 0.481 e. The molecule has 0 saturated carbocycles. The van der Waals surface area contributed by atoms with E-state index in [1.807, 2.05) is 0 Å². The van der Waals surface area contributed by atoms with Gasteiger partial charge in [0.15, 0.2) is 5.69 Å². The molecule has 11 heteroatoms. The van der Waals surface area contributed by atoms with Crippen molar-refractivity contribution in [3.63, 3.8) is 0 Å². The molecule has 156 valence electrons. The first-order valence-corrected chi connectivity index (χ1v) is 9.64. The lowest BCUT2D eigenvalue weighted by Gasteiger charge is -2.06. The highest BCUT2D eigenvalue weighted by molar-refractivity contribution is 7.18. The first kappa shape index (κ1) is 22.1. The minimum absolute atomic E-state index is 0.0361. The fourth-order valence-corrected chi connectivity index (χ4v) is 3.51. The summed E-state index contributed by atoms with van der Waals surface area (Å²) in [6, 6.07) is 1.42. The third-order valence-corrected chi connectivity index (χ3v) is 4.93. The lowest BCUT2D eigenvalue weighted by Crippen LogP contribution is -2.16. The van der Waals surface area contributed by atoms with Gasteiger partial charge in [0.1, 0.15) is 9.88 Å². The molecule has 29 heavy (non-hydrogen) atoms. The highest BCUT2D eigenvalue weighted by Crippen LogP contribution is 2.34. The second-order valence-corrected chi connectivity index (χ2v) is 6.78. The number of esters is 2. The summed E-state index contributed by atoms with van der Waals surface area (Å²) in [5.74, 6) is -2.86. The Morgan fingerprint density at radius 3 is 2.45 bits per heavy atom. The number of carbonyl (C=O) groups is 4. The zero-order valence-electron chi connectivity index (χ0n) is 16.2. The summed E-state index contributed by atoms with van der Waals surface area (Å²) in [5, 5.41) is 15.5. The number of nitrogens with zero attached hydrogens (tertiary/aromatic N) is 2. The zero-order valence-corrected chi connectivity index (χ0v) is 17.0. The first-order valence-electron chi connectivity index (χ1n) is 8.82. The molecule has 2 aromatic rings. The molecule has 0 bridgehead atoms. The number of carboxylic acid groups (broad SMARTS) is 1. The number of aliphatic carboxylic acids is 1. The Morgan fingerprint density at radius 2 is 1.83 bits per heavy atom. The van der Waals surface area contributed by atoms with Crippen LogP contribution in [0.15, 0.2) is 12.3 Å². The van der Waals surface area contributed by atoms with Gasteiger partial charge in [0.2, 0.25) is 0 Å². The fraction of sp³-hybridized carbons (Fsp3) is 0.389. The van der Waals surface area contributed by atoms with E-state index in [1.54, 1.807) is 20.8 Å². The predicted molar refractivity (Wildman–Crippen MR) is 103 cm³/mol. The molecule has 0 aliphatic heterocycles. The predicted octanol–water partition coefficient (Wildman–Crippen LogP) is 2.33. The molecule has 1 amide bonds. The average molecular weight is 423 g/mol. The molecule has 0 aliphatic rings. The van der Waals surface area contributed by atoms with E-state index in [0.29, 0.717) is 5.56 Å². The van der Waals surface area contributed by atoms with Crippen molar-refractivity contribution in [2.45, 2.75) is 33.7 Å². The molecule has 0 unspecified atom stereocenters. The Kier molecular flexibility index (Phi) is 7.48. The van der Waals surface area contributed by atoms with Crippen molar-refractivity contribution in [2.75, 3.05) is 18.5 Å². The van der Waals surface area contributed by atoms with E-state index in [9.17, 15) is 19.2 Å². The lowest BCUT2D eigenvalue weighted by atomic mass is 10.1. The maximum absolute atomic E-state index is 12.5. The summed E-state index contributed by atoms with van der Waals surface area (Å²) in [4.78, 5) is 47.9. The molecule has 2 aromatic heterocycles. The van der Waals surface area contributed by atoms with Gasteiger partial charge in [0.25, 0.3) is 5.91 Å². The third-order valence-electron chi connectivity index (χ3n) is 3.74. The number of amides is 1. The van der Waals surface area contributed by atoms with Crippen LogP contribution in [-0.2, 0) is 20.8 Å². The zero-order chi connectivity index (χ0) is 21.6. The van der Waals surface area contributed by atoms with E-state index in [2.05, 4.69) is 10.4 Å². The molecule has 0 radical (unpaired) electrons. The number of carbonyl (C=O) groups excluding carboxylic acids is 3. The van der Waals surface area contributed by atoms with Gasteiger partial charge in [-0.1, -0.05) is 0 Å². The van der Waals surface area contributed by atoms with E-state index in [4.69, 9.17) is 14.6 Å². The minimum Gasteiger partial charge on any atom is -0.481 e. The van der Waals surface area contributed by atoms with Crippen LogP contribution in [0.3, 0.4) is 0 Å². The molecular weight excluding hydrogens is 402 g/mol. The average Bonchev–Trinajstić information content (AvgIpc) is 3.25. The number of hydrogen-bond acceptors (Lipinski definition) is 8. The van der Waals surface area contributed by atoms with E-state index in [1.165, 1.54) is 16.9 Å². The summed E-state index contributed by atoms with van der Waals surface area (Å²) in [6.07, 6.45) is 1.34. The van der Waals surface area contributed by atoms with Gasteiger partial charge in [-0.05, 0) is 32.4 Å². The van der Waals surface area contributed by atoms with E-state index in [0.717, 1.165) is 11.3 Å². The van der Waals surface area contributed by atoms with Crippen LogP contribution in [0, 0.1) is 6.92 Å². The van der Waals surface area contributed by atoms with Gasteiger partial charge in [-0.25, -0.2) is 9.59 Å². The number of nitrogens with one attached hydrogen (secondary N) is 1. The first-order chi connectivity index (χ1) is 13.8. The van der Waals surface area contributed by atoms with Gasteiger partial charge >= 0.3 is 17.9 Å². The molecule has 2 rings (SSSR count). The summed E-state index contributed by atoms with van der Waals surface area (Å²) in [7, 11) is 0. The number of carboxylic acids is 1. The molecule has 10 nitrogen and oxygen atoms in total. The quantitative estimate of drug-likeness (QED) is 0.586. The molecule has 0 atom stereocenters. The van der Waals surface area contributed by atoms with Crippen molar-refractivity contribution in [1.29, 1.82) is 0 Å². The second-order valence-electron chi connectivity index (χ2n) is 5.76. The van der Waals surface area contributed by atoms with Crippen LogP contribution in [0.5, 0.6) is 0 Å². The molecule has 0 fully saturated rings. The van der Waals surface area contributed by atoms with Crippen LogP contribution in [-0.4, -0.2) is 51.9 Å². The van der Waals surface area contributed by atoms with Gasteiger partial charge in [0, 0.05) is 6.20 Å². The van der Waals surface area contributed by atoms with Gasteiger partial charge in [0.05, 0.1) is 31.7 Å². The molecular formula is C18H21N3O7S. The fourth-order valence-electron chi connectivity index (χ4n) is 2.43. The number of aryl methyl sites for hydroxylation is 1. The Labute approximate surface area is 170 Å². The molecule has 2 N–H and O–H groups in total. The van der Waals surface area contributed by atoms with E-state index < -0.39 is 23.8 Å². The van der Waals surface area contributed by atoms with Crippen molar-refractivity contribution in [1.82, 2.24) is 9.78 Å². The van der Waals surface area contributed by atoms with Crippen LogP contribution >= 0.6 is 11.3 Å². The van der Waals surface area contributed by atoms with Gasteiger partial charge in [-0.2, -0.15) is 5.10 Å². The molecule has 0 spiro atoms. The van der Waals surface area contributed by atoms with Gasteiger partial charge in [-0.3, -0.25) is 14.3 Å². The van der Waals surface area contributed by atoms with Crippen molar-refractivity contribution in [3.05, 3.63) is 34.0 Å². The summed E-state index contributed by atoms with van der Waals surface area (Å²) < 4.78 is 11.4. The Balaban J connectivity index is 2.29. The molecule has 0 saturated heterocycles. The Hall–Kier alpha value is -3.21. The molecule has 0 aliphatic carbocycles. The minimum atomic E-state index is -0.980. The number of hydrogen-bond donors (Lipinski definition) is 2. The standard InChI is InChI=1S/C18H21N3O7S/c1-4-27-17(25)13-10(3)14(18(26)28-5-2)29-16(13)19-15(24)11-6-8-21(20-11)9-7-12(22)23/h6,8H,4-5,7,9H2,1-3H3,(H,19,24)(H,22,23).